The fourth-order valence-electron chi connectivity index (χ4n) is 0.325. The zero-order chi connectivity index (χ0) is 7.28. The molecule has 51 valence electrons. The molecule has 1 radical (unpaired) electrons. The average molecular weight is 127 g/mol. The first-order valence-corrected chi connectivity index (χ1v) is 3.08. The Kier molecular flexibility index (Phi) is 4.08. The van der Waals surface area contributed by atoms with Crippen LogP contribution in [-0.4, -0.2) is 0 Å². The first-order chi connectivity index (χ1) is 4.16. The van der Waals surface area contributed by atoms with Gasteiger partial charge in [0.15, 0.2) is 0 Å². The molecule has 0 saturated carbocycles. The van der Waals surface area contributed by atoms with Gasteiger partial charge < -0.3 is 0 Å². The van der Waals surface area contributed by atoms with Crippen LogP contribution in [0.1, 0.15) is 27.2 Å². The number of halogens is 1. The van der Waals surface area contributed by atoms with Gasteiger partial charge in [-0.05, 0) is 12.0 Å². The van der Waals surface area contributed by atoms with E-state index in [-0.39, 0.29) is 5.83 Å². The van der Waals surface area contributed by atoms with E-state index < -0.39 is 0 Å². The van der Waals surface area contributed by atoms with Crippen molar-refractivity contribution in [1.82, 2.24) is 0 Å². The molecule has 1 heteroatoms. The molecule has 0 aliphatic heterocycles. The minimum absolute atomic E-state index is 0.184. The maximum atomic E-state index is 12.3. The lowest BCUT2D eigenvalue weighted by Crippen LogP contribution is -1.71. The van der Waals surface area contributed by atoms with Crippen LogP contribution in [-0.2, 0) is 0 Å². The van der Waals surface area contributed by atoms with Gasteiger partial charge in [0.05, 0.1) is 0 Å². The second-order valence-corrected chi connectivity index (χ2v) is 2.12. The van der Waals surface area contributed by atoms with Crippen LogP contribution in [0.4, 0.5) is 4.39 Å². The molecule has 0 unspecified atom stereocenters. The molecular formula is C8H12F. The number of rotatable bonds is 2. The van der Waals surface area contributed by atoms with Crippen LogP contribution < -0.4 is 0 Å². The number of hydrogen-bond acceptors (Lipinski definition) is 0. The third-order valence-electron chi connectivity index (χ3n) is 0.828. The van der Waals surface area contributed by atoms with Gasteiger partial charge in [-0.25, -0.2) is 4.39 Å². The van der Waals surface area contributed by atoms with Gasteiger partial charge in [0, 0.05) is 6.42 Å². The molecule has 0 aliphatic rings. The third-order valence-corrected chi connectivity index (χ3v) is 0.828. The quantitative estimate of drug-likeness (QED) is 0.500. The highest BCUT2D eigenvalue weighted by Crippen LogP contribution is 2.01. The Morgan fingerprint density at radius 1 is 1.56 bits per heavy atom. The average Bonchev–Trinajstić information content (AvgIpc) is 1.83. The van der Waals surface area contributed by atoms with E-state index in [1.165, 1.54) is 0 Å². The molecule has 0 aromatic heterocycles. The van der Waals surface area contributed by atoms with Crippen molar-refractivity contribution in [2.24, 2.45) is 0 Å². The highest BCUT2D eigenvalue weighted by atomic mass is 19.1. The highest BCUT2D eigenvalue weighted by molar-refractivity contribution is 5.05. The van der Waals surface area contributed by atoms with Gasteiger partial charge in [-0.15, -0.1) is 0 Å². The summed E-state index contributed by atoms with van der Waals surface area (Å²) in [7, 11) is 0. The van der Waals surface area contributed by atoms with Gasteiger partial charge in [-0.3, -0.25) is 0 Å². The minimum atomic E-state index is -0.184. The fraction of sp³-hybridized carbons (Fsp3) is 0.500. The van der Waals surface area contributed by atoms with Crippen LogP contribution in [0.25, 0.3) is 0 Å². The Bertz CT molecular complexity index is 128. The molecule has 0 aliphatic carbocycles. The van der Waals surface area contributed by atoms with E-state index in [4.69, 9.17) is 0 Å². The summed E-state index contributed by atoms with van der Waals surface area (Å²) >= 11 is 0. The molecule has 0 N–H and O–H groups in total. The summed E-state index contributed by atoms with van der Waals surface area (Å²) in [5, 5.41) is 0. The summed E-state index contributed by atoms with van der Waals surface area (Å²) in [5.74, 6) is 0.884. The molecule has 9 heavy (non-hydrogen) atoms. The van der Waals surface area contributed by atoms with E-state index in [2.05, 4.69) is 5.73 Å². The maximum absolute atomic E-state index is 12.3. The smallest absolute Gasteiger partial charge is 0.141 e. The summed E-state index contributed by atoms with van der Waals surface area (Å²) in [5.41, 5.74) is 2.52. The Hall–Kier alpha value is -0.550. The Labute approximate surface area is 56.1 Å². The van der Waals surface area contributed by atoms with Crippen molar-refractivity contribution in [1.29, 1.82) is 0 Å². The molecule has 0 atom stereocenters. The van der Waals surface area contributed by atoms with Crippen molar-refractivity contribution in [3.8, 4) is 0 Å². The second kappa shape index (κ2) is 4.34. The normalized spacial score (nSPS) is 9.00. The topological polar surface area (TPSA) is 0 Å². The summed E-state index contributed by atoms with van der Waals surface area (Å²) in [4.78, 5) is 0. The van der Waals surface area contributed by atoms with E-state index in [1.54, 1.807) is 13.0 Å². The maximum Gasteiger partial charge on any atom is 0.141 e. The van der Waals surface area contributed by atoms with Crippen LogP contribution >= 0.6 is 0 Å². The molecule has 0 bridgehead atoms. The summed E-state index contributed by atoms with van der Waals surface area (Å²) in [6, 6.07) is 0. The van der Waals surface area contributed by atoms with Gasteiger partial charge in [0.2, 0.25) is 0 Å². The van der Waals surface area contributed by atoms with Gasteiger partial charge in [-0.2, -0.15) is 0 Å². The molecule has 0 rings (SSSR count). The third kappa shape index (κ3) is 5.32. The van der Waals surface area contributed by atoms with Gasteiger partial charge in [0.1, 0.15) is 5.83 Å². The zero-order valence-electron chi connectivity index (χ0n) is 6.16. The van der Waals surface area contributed by atoms with Crippen LogP contribution in [0.2, 0.25) is 0 Å². The molecule has 0 amide bonds. The Morgan fingerprint density at radius 2 is 2.11 bits per heavy atom. The summed E-state index contributed by atoms with van der Waals surface area (Å²) < 4.78 is 12.3. The predicted octanol–water partition coefficient (Wildman–Crippen LogP) is 3.02. The summed E-state index contributed by atoms with van der Waals surface area (Å²) in [6.07, 6.45) is 2.09. The first-order valence-electron chi connectivity index (χ1n) is 3.08. The largest absolute Gasteiger partial charge is 0.203 e. The van der Waals surface area contributed by atoms with Crippen molar-refractivity contribution in [3.05, 3.63) is 23.6 Å². The monoisotopic (exact) mass is 127 g/mol. The van der Waals surface area contributed by atoms with Crippen LogP contribution in [0.5, 0.6) is 0 Å². The van der Waals surface area contributed by atoms with Crippen molar-refractivity contribution in [2.45, 2.75) is 27.2 Å². The second-order valence-electron chi connectivity index (χ2n) is 2.12. The lowest BCUT2D eigenvalue weighted by atomic mass is 10.2. The van der Waals surface area contributed by atoms with Crippen molar-refractivity contribution in [3.63, 3.8) is 0 Å². The molecule has 0 aromatic carbocycles. The molecule has 0 nitrogen and oxygen atoms in total. The molecular weight excluding hydrogens is 115 g/mol. The highest BCUT2D eigenvalue weighted by Gasteiger charge is 1.85. The number of allylic oxidation sites excluding steroid dienone is 1. The zero-order valence-corrected chi connectivity index (χ0v) is 6.16. The van der Waals surface area contributed by atoms with E-state index in [0.29, 0.717) is 6.42 Å². The molecule has 0 aromatic rings. The standard InChI is InChI=1S/C8H12F/c1-4-8(9)6-5-7(2)3/h5H,4H2,1-3H3. The van der Waals surface area contributed by atoms with E-state index in [9.17, 15) is 4.39 Å². The molecule has 0 spiro atoms. The Balaban J connectivity index is 3.91. The first kappa shape index (κ1) is 8.45. The van der Waals surface area contributed by atoms with Crippen molar-refractivity contribution < 1.29 is 4.39 Å². The van der Waals surface area contributed by atoms with Crippen LogP contribution in [0.15, 0.2) is 17.6 Å². The van der Waals surface area contributed by atoms with Crippen molar-refractivity contribution >= 4 is 0 Å². The SMILES string of the molecule is CCC(F)=C=C[C](C)C. The van der Waals surface area contributed by atoms with E-state index >= 15 is 0 Å². The van der Waals surface area contributed by atoms with E-state index in [0.717, 1.165) is 5.92 Å². The Morgan fingerprint density at radius 3 is 2.44 bits per heavy atom. The van der Waals surface area contributed by atoms with Gasteiger partial charge in [-0.1, -0.05) is 26.5 Å². The van der Waals surface area contributed by atoms with Crippen LogP contribution in [0, 0.1) is 5.92 Å². The molecule has 0 saturated heterocycles. The van der Waals surface area contributed by atoms with Crippen molar-refractivity contribution in [2.75, 3.05) is 0 Å². The number of hydrogen-bond donors (Lipinski definition) is 0. The van der Waals surface area contributed by atoms with Crippen LogP contribution in [0.3, 0.4) is 0 Å². The lowest BCUT2D eigenvalue weighted by Gasteiger charge is -1.86. The minimum Gasteiger partial charge on any atom is -0.203 e. The van der Waals surface area contributed by atoms with Gasteiger partial charge in [0.25, 0.3) is 0 Å². The molecule has 0 fully saturated rings. The summed E-state index contributed by atoms with van der Waals surface area (Å²) in [6.45, 7) is 5.59. The van der Waals surface area contributed by atoms with Gasteiger partial charge >= 0.3 is 0 Å². The predicted molar refractivity (Wildman–Crippen MR) is 37.6 cm³/mol. The molecule has 0 heterocycles. The van der Waals surface area contributed by atoms with E-state index in [1.807, 2.05) is 13.8 Å². The lowest BCUT2D eigenvalue weighted by molar-refractivity contribution is 0.606. The fourth-order valence-corrected chi connectivity index (χ4v) is 0.325.